The summed E-state index contributed by atoms with van der Waals surface area (Å²) in [6.45, 7) is 23.4. The highest BCUT2D eigenvalue weighted by molar-refractivity contribution is 6.13. The minimum absolute atomic E-state index is 0.0284. The summed E-state index contributed by atoms with van der Waals surface area (Å²) in [6.07, 6.45) is 20.2. The predicted octanol–water partition coefficient (Wildman–Crippen LogP) is 11.6. The zero-order valence-corrected chi connectivity index (χ0v) is 82.2. The van der Waals surface area contributed by atoms with Gasteiger partial charge in [-0.25, -0.2) is 9.59 Å². The van der Waals surface area contributed by atoms with E-state index in [0.29, 0.717) is 132 Å². The maximum atomic E-state index is 15.2. The van der Waals surface area contributed by atoms with Crippen LogP contribution in [-0.4, -0.2) is 277 Å². The molecule has 732 valence electrons. The molecule has 2 aliphatic carbocycles. The number of carbonyl (C=O) groups excluding carboxylic acids is 6. The standard InChI is InChI=1S/C45H54N4O8.C43H55N5O7.C22H26N2O2/c1-8-27-19-28-22-44(40(51)55-6,36-30(25-48(23-27)24-28)29-13-10-11-14-33(29)46-36)32-20-31-34(21-35(32)54-5)47(4)38-43(31)16-18-49-17-12-15-42(9-2,37(43)49)39(57-26(3)50)45(38,53)41(52)56-7;1-6-39(52)21-25-22-42(38(51)55-5,33-27(13-17-47(23-25)24-39)26-11-8-9-12-30(26)45-33)29-19-28-31(20-32(29)54-4)46(3)35-41(28)15-18-48-16-10-14-40(7-2,34(41)48)36(49)43(35,53)37(44)50;1-3-22-11-7-12-23-13-10-16-15-8-5-6-9-17(15)24(19(16)20(22)23)18(14-22)21(25)26-4-2/h10-15,19-21,28,37-39,46,53H,8-9,16-18,22-25H2,1-7H3;8-12,14,19-20,25,34-36,45,49,52-53H,6-7,13,15-18,21-24H2,1-5H3,(H2,44,50);5-6,8-9,14,20H,3-4,7,10-13H2,1-2H3/t28-,37-,38+,39+,42+,43+,44-,45-;25-,34+,35-,36-,39+,40-,41-,42+,43+;20-,22+/m011/s1. The minimum Gasteiger partial charge on any atom is -0.496 e. The number of anilines is 2. The number of aromatic amines is 2. The van der Waals surface area contributed by atoms with Crippen molar-refractivity contribution < 1.29 is 82.4 Å². The molecule has 23 rings (SSSR count). The van der Waals surface area contributed by atoms with Gasteiger partial charge in [0.15, 0.2) is 11.7 Å². The van der Waals surface area contributed by atoms with Crippen molar-refractivity contribution in [2.45, 2.75) is 226 Å². The van der Waals surface area contributed by atoms with Crippen molar-refractivity contribution in [3.05, 3.63) is 195 Å². The SMILES string of the molecule is CCC1=C[C@@H]2C[N@](C1)Cc1c([nH]c3ccccc13)[C@@](C(=O)OC)(c1cc3c(cc1OC)N(C)[C@H]1[C@@](O)(C(=O)OC)[C@H](OC(C)=O)[C@]4(CC)C=CCN5CC[C@]31[C@@H]54)C2.CCOC(=O)C1=C[C@]2(CC)CCCN3CCc4c(n1c1ccccc41)[C@@H]32.CC[C@]1(O)C[C@H]2C[N@](CCc3c([nH]c4ccccc34)[C@@](C(=O)OC)(c3cc4c(cc3OC)N(C)[C@H]3[C@@](O)(C(N)=O)[C@H](O)[C@]5(CC)C=CCN6CC[C@]43[C@@H]65)C2)C1. The van der Waals surface area contributed by atoms with Gasteiger partial charge in [0.05, 0.1) is 71.4 Å². The van der Waals surface area contributed by atoms with E-state index >= 15 is 9.59 Å². The average molecular weight is 1880 g/mol. The van der Waals surface area contributed by atoms with Gasteiger partial charge in [0.1, 0.15) is 34.1 Å². The van der Waals surface area contributed by atoms with Gasteiger partial charge in [0.25, 0.3) is 5.91 Å². The van der Waals surface area contributed by atoms with Crippen LogP contribution in [0.1, 0.15) is 188 Å². The van der Waals surface area contributed by atoms with E-state index in [2.05, 4.69) is 132 Å². The van der Waals surface area contributed by atoms with Crippen molar-refractivity contribution in [3.8, 4) is 11.5 Å². The molecule has 16 heterocycles. The molecule has 1 amide bonds. The van der Waals surface area contributed by atoms with Gasteiger partial charge in [-0.05, 0) is 193 Å². The van der Waals surface area contributed by atoms with E-state index in [1.165, 1.54) is 56.9 Å². The Hall–Kier alpha value is -10.7. The minimum atomic E-state index is -2.30. The van der Waals surface area contributed by atoms with Crippen LogP contribution in [0.5, 0.6) is 11.5 Å². The number of aromatic nitrogens is 3. The zero-order valence-electron chi connectivity index (χ0n) is 82.2. The van der Waals surface area contributed by atoms with Gasteiger partial charge < -0.3 is 83.7 Å². The largest absolute Gasteiger partial charge is 0.496 e. The van der Waals surface area contributed by atoms with Crippen molar-refractivity contribution in [1.82, 2.24) is 39.0 Å². The summed E-state index contributed by atoms with van der Waals surface area (Å²) in [4.78, 5) is 108. The van der Waals surface area contributed by atoms with Crippen LogP contribution in [0.25, 0.3) is 38.4 Å². The van der Waals surface area contributed by atoms with Crippen LogP contribution >= 0.6 is 0 Å². The number of nitrogens with zero attached hydrogens (tertiary/aromatic N) is 8. The molecule has 28 heteroatoms. The molecule has 138 heavy (non-hydrogen) atoms. The summed E-state index contributed by atoms with van der Waals surface area (Å²) >= 11 is 0. The number of aliphatic hydroxyl groups is 4. The second kappa shape index (κ2) is 33.8. The number of methoxy groups -OCH3 is 5. The lowest BCUT2D eigenvalue weighted by molar-refractivity contribution is -0.228. The van der Waals surface area contributed by atoms with Crippen molar-refractivity contribution in [1.29, 1.82) is 0 Å². The fraction of sp³-hybridized carbons (Fsp3) is 0.545. The van der Waals surface area contributed by atoms with Crippen molar-refractivity contribution in [2.75, 3.05) is 138 Å². The number of nitrogens with one attached hydrogen (secondary N) is 2. The number of rotatable bonds is 16. The summed E-state index contributed by atoms with van der Waals surface area (Å²) in [5.74, 6) is -2.50. The van der Waals surface area contributed by atoms with Crippen LogP contribution < -0.4 is 25.0 Å². The number of hydrogen-bond acceptors (Lipinski definition) is 24. The molecule has 4 bridgehead atoms. The molecule has 0 radical (unpaired) electrons. The average Bonchev–Trinajstić information content (AvgIpc) is 1.51. The van der Waals surface area contributed by atoms with Crippen LogP contribution in [0.3, 0.4) is 0 Å². The van der Waals surface area contributed by atoms with Crippen molar-refractivity contribution in [2.24, 2.45) is 33.8 Å². The Morgan fingerprint density at radius 1 is 0.558 bits per heavy atom. The van der Waals surface area contributed by atoms with E-state index in [9.17, 15) is 39.6 Å². The molecular weight excluding hydrogens is 1750 g/mol. The normalized spacial score (nSPS) is 35.1. The third kappa shape index (κ3) is 12.7. The Morgan fingerprint density at radius 2 is 1.12 bits per heavy atom. The number of primary amides is 1. The molecule has 5 aromatic carbocycles. The van der Waals surface area contributed by atoms with Gasteiger partial charge in [-0.3, -0.25) is 43.7 Å². The summed E-state index contributed by atoms with van der Waals surface area (Å²) < 4.78 is 43.8. The fourth-order valence-corrected chi connectivity index (χ4v) is 31.5. The maximum absolute atomic E-state index is 15.2. The van der Waals surface area contributed by atoms with Gasteiger partial charge in [-0.1, -0.05) is 125 Å². The molecule has 0 unspecified atom stereocenters. The fourth-order valence-electron chi connectivity index (χ4n) is 31.5. The number of esters is 5. The van der Waals surface area contributed by atoms with Crippen LogP contribution in [0, 0.1) is 28.1 Å². The number of aliphatic hydroxyl groups excluding tert-OH is 1. The molecule has 8 aromatic rings. The van der Waals surface area contributed by atoms with Gasteiger partial charge in [-0.15, -0.1) is 0 Å². The van der Waals surface area contributed by atoms with Crippen LogP contribution in [-0.2, 0) is 93.5 Å². The van der Waals surface area contributed by atoms with Gasteiger partial charge >= 0.3 is 29.8 Å². The quantitative estimate of drug-likeness (QED) is 0.0268. The molecule has 2 spiro atoms. The molecule has 15 aliphatic rings. The molecule has 21 atom stereocenters. The van der Waals surface area contributed by atoms with Crippen LogP contribution in [0.2, 0.25) is 0 Å². The number of ether oxygens (including phenoxy) is 7. The number of fused-ring (bicyclic) bond motifs is 15. The number of amides is 1. The Kier molecular flexibility index (Phi) is 22.9. The number of piperidine rings is 2. The number of benzene rings is 5. The molecule has 13 aliphatic heterocycles. The Labute approximate surface area is 806 Å². The van der Waals surface area contributed by atoms with E-state index in [1.54, 1.807) is 14.2 Å². The first-order valence-electron chi connectivity index (χ1n) is 50.3. The van der Waals surface area contributed by atoms with E-state index < -0.39 is 97.4 Å². The Balaban J connectivity index is 0.000000131. The molecule has 2 saturated carbocycles. The van der Waals surface area contributed by atoms with Gasteiger partial charge in [0.2, 0.25) is 5.60 Å². The number of H-pyrrole nitrogens is 2. The van der Waals surface area contributed by atoms with Crippen LogP contribution in [0.15, 0.2) is 139 Å². The number of para-hydroxylation sites is 3. The second-order valence-electron chi connectivity index (χ2n) is 42.5. The van der Waals surface area contributed by atoms with Gasteiger partial charge in [-0.2, -0.15) is 0 Å². The number of carbonyl (C=O) groups is 6. The number of nitrogens with two attached hydrogens (primary N) is 1. The molecule has 4 saturated heterocycles. The third-order valence-corrected chi connectivity index (χ3v) is 36.7. The maximum Gasteiger partial charge on any atom is 0.354 e. The smallest absolute Gasteiger partial charge is 0.354 e. The summed E-state index contributed by atoms with van der Waals surface area (Å²) in [6, 6.07) is 31.1. The highest BCUT2D eigenvalue weighted by Crippen LogP contribution is 2.71. The summed E-state index contributed by atoms with van der Waals surface area (Å²) in [5, 5.41) is 53.6. The predicted molar refractivity (Wildman–Crippen MR) is 525 cm³/mol. The number of hydrogen-bond donors (Lipinski definition) is 7. The van der Waals surface area contributed by atoms with Crippen LogP contribution in [0.4, 0.5) is 11.4 Å². The lowest BCUT2D eigenvalue weighted by Crippen LogP contribution is -2.81. The second-order valence-corrected chi connectivity index (χ2v) is 42.5. The van der Waals surface area contributed by atoms with Gasteiger partial charge in [0, 0.05) is 198 Å². The molecule has 8 N–H and O–H groups in total. The molecule has 6 fully saturated rings. The first-order valence-corrected chi connectivity index (χ1v) is 50.3. The summed E-state index contributed by atoms with van der Waals surface area (Å²) in [7, 11) is 11.1. The first kappa shape index (κ1) is 93.6. The molecule has 3 aromatic heterocycles. The van der Waals surface area contributed by atoms with E-state index in [0.717, 1.165) is 143 Å². The highest BCUT2D eigenvalue weighted by Gasteiger charge is 2.82. The topological polar surface area (TPSA) is 333 Å². The lowest BCUT2D eigenvalue weighted by Gasteiger charge is -2.63. The van der Waals surface area contributed by atoms with Crippen molar-refractivity contribution in [3.63, 3.8) is 0 Å². The van der Waals surface area contributed by atoms with E-state index in [-0.39, 0.29) is 41.3 Å². The monoisotopic (exact) mass is 1880 g/mol. The summed E-state index contributed by atoms with van der Waals surface area (Å²) in [5.41, 5.74) is 10.5. The van der Waals surface area contributed by atoms with Crippen molar-refractivity contribution >= 4 is 85.5 Å². The third-order valence-electron chi connectivity index (χ3n) is 36.7. The van der Waals surface area contributed by atoms with E-state index in [1.807, 2.05) is 106 Å². The Morgan fingerprint density at radius 3 is 1.70 bits per heavy atom. The molecule has 28 nitrogen and oxygen atoms in total. The lowest BCUT2D eigenvalue weighted by atomic mass is 9.47. The first-order chi connectivity index (χ1) is 66.4. The number of likely N-dealkylation sites (N-methyl/N-ethyl adjacent to an activating group) is 2. The zero-order chi connectivity index (χ0) is 97.0. The molecular formula is C110H135N11O17. The highest BCUT2D eigenvalue weighted by atomic mass is 16.6. The Bertz CT molecular complexity index is 6450. The van der Waals surface area contributed by atoms with E-state index in [4.69, 9.17) is 38.9 Å².